The topological polar surface area (TPSA) is 64.2 Å². The number of hydrogen-bond donors (Lipinski definition) is 1. The summed E-state index contributed by atoms with van der Waals surface area (Å²) >= 11 is 0. The van der Waals surface area contributed by atoms with Gasteiger partial charge in [-0.25, -0.2) is 13.8 Å². The van der Waals surface area contributed by atoms with Crippen molar-refractivity contribution < 1.29 is 13.6 Å². The second-order valence-corrected chi connectivity index (χ2v) is 4.68. The second kappa shape index (κ2) is 6.45. The van der Waals surface area contributed by atoms with Crippen LogP contribution in [0.4, 0.5) is 8.78 Å². The fraction of sp³-hybridized carbons (Fsp3) is 0.286. The first kappa shape index (κ1) is 15.1. The maximum Gasteiger partial charge on any atom is 0.274 e. The van der Waals surface area contributed by atoms with Gasteiger partial charge in [0, 0.05) is 44.5 Å². The Morgan fingerprint density at radius 2 is 2.19 bits per heavy atom. The highest BCUT2D eigenvalue weighted by Gasteiger charge is 2.16. The van der Waals surface area contributed by atoms with E-state index in [-0.39, 0.29) is 23.7 Å². The van der Waals surface area contributed by atoms with Crippen LogP contribution in [0.1, 0.15) is 16.1 Å². The number of nitrogens with zero attached hydrogens (tertiary/aromatic N) is 3. The van der Waals surface area contributed by atoms with Crippen LogP contribution in [-0.4, -0.2) is 34.0 Å². The molecule has 0 spiro atoms. The van der Waals surface area contributed by atoms with Crippen molar-refractivity contribution in [1.82, 2.24) is 14.5 Å². The average Bonchev–Trinajstić information content (AvgIpc) is 2.90. The normalized spacial score (nSPS) is 10.7. The van der Waals surface area contributed by atoms with E-state index < -0.39 is 11.6 Å². The zero-order valence-corrected chi connectivity index (χ0v) is 11.6. The third-order valence-electron chi connectivity index (χ3n) is 3.01. The Balaban J connectivity index is 2.08. The fourth-order valence-corrected chi connectivity index (χ4v) is 1.91. The summed E-state index contributed by atoms with van der Waals surface area (Å²) in [6.07, 6.45) is 3.11. The van der Waals surface area contributed by atoms with Crippen LogP contribution >= 0.6 is 0 Å². The van der Waals surface area contributed by atoms with Gasteiger partial charge in [0.15, 0.2) is 0 Å². The molecular formula is C14H16F2N4O. The highest BCUT2D eigenvalue weighted by Crippen LogP contribution is 2.13. The van der Waals surface area contributed by atoms with Crippen molar-refractivity contribution in [2.75, 3.05) is 13.6 Å². The zero-order chi connectivity index (χ0) is 15.4. The molecule has 0 aliphatic carbocycles. The molecule has 5 nitrogen and oxygen atoms in total. The number of imidazole rings is 1. The largest absolute Gasteiger partial charge is 0.336 e. The van der Waals surface area contributed by atoms with E-state index in [0.29, 0.717) is 13.1 Å². The van der Waals surface area contributed by atoms with Gasteiger partial charge < -0.3 is 15.2 Å². The first-order valence-electron chi connectivity index (χ1n) is 6.42. The number of carbonyl (C=O) groups is 1. The highest BCUT2D eigenvalue weighted by molar-refractivity contribution is 5.91. The maximum absolute atomic E-state index is 13.6. The van der Waals surface area contributed by atoms with Gasteiger partial charge in [0.25, 0.3) is 5.91 Å². The molecule has 21 heavy (non-hydrogen) atoms. The molecule has 1 aromatic heterocycles. The summed E-state index contributed by atoms with van der Waals surface area (Å²) in [6, 6.07) is 3.28. The van der Waals surface area contributed by atoms with Crippen LogP contribution in [0.2, 0.25) is 0 Å². The SMILES string of the molecule is CN(Cc1ccc(F)cc1F)C(=O)c1cn(CCN)cn1. The summed E-state index contributed by atoms with van der Waals surface area (Å²) in [7, 11) is 1.53. The van der Waals surface area contributed by atoms with Crippen molar-refractivity contribution in [3.8, 4) is 0 Å². The van der Waals surface area contributed by atoms with Crippen LogP contribution in [0.5, 0.6) is 0 Å². The zero-order valence-electron chi connectivity index (χ0n) is 11.6. The molecule has 2 aromatic rings. The minimum absolute atomic E-state index is 0.0364. The minimum atomic E-state index is -0.677. The van der Waals surface area contributed by atoms with Gasteiger partial charge in [-0.15, -0.1) is 0 Å². The highest BCUT2D eigenvalue weighted by atomic mass is 19.1. The van der Waals surface area contributed by atoms with Gasteiger partial charge in [-0.05, 0) is 6.07 Å². The molecule has 0 unspecified atom stereocenters. The molecule has 0 saturated carbocycles. The van der Waals surface area contributed by atoms with Crippen LogP contribution in [0.3, 0.4) is 0 Å². The molecule has 0 aliphatic heterocycles. The maximum atomic E-state index is 13.6. The molecule has 7 heteroatoms. The number of hydrogen-bond acceptors (Lipinski definition) is 3. The van der Waals surface area contributed by atoms with Crippen molar-refractivity contribution in [1.29, 1.82) is 0 Å². The molecule has 0 fully saturated rings. The molecule has 112 valence electrons. The van der Waals surface area contributed by atoms with Gasteiger partial charge in [-0.3, -0.25) is 4.79 Å². The minimum Gasteiger partial charge on any atom is -0.336 e. The molecule has 0 saturated heterocycles. The molecule has 0 bridgehead atoms. The molecule has 0 radical (unpaired) electrons. The molecule has 2 rings (SSSR count). The number of halogens is 2. The Hall–Kier alpha value is -2.28. The number of amides is 1. The van der Waals surface area contributed by atoms with Gasteiger partial charge in [0.05, 0.1) is 6.33 Å². The Bertz CT molecular complexity index is 642. The van der Waals surface area contributed by atoms with Crippen LogP contribution < -0.4 is 5.73 Å². The summed E-state index contributed by atoms with van der Waals surface area (Å²) in [5.41, 5.74) is 5.92. The second-order valence-electron chi connectivity index (χ2n) is 4.68. The standard InChI is InChI=1S/C14H16F2N4O/c1-19(7-10-2-3-11(15)6-12(10)16)14(21)13-8-20(5-4-17)9-18-13/h2-3,6,8-9H,4-5,7,17H2,1H3. The summed E-state index contributed by atoms with van der Waals surface area (Å²) in [5.74, 6) is -1.66. The van der Waals surface area contributed by atoms with Crippen molar-refractivity contribution in [2.24, 2.45) is 5.73 Å². The smallest absolute Gasteiger partial charge is 0.274 e. The monoisotopic (exact) mass is 294 g/mol. The number of carbonyl (C=O) groups excluding carboxylic acids is 1. The van der Waals surface area contributed by atoms with E-state index in [0.717, 1.165) is 12.1 Å². The molecule has 1 amide bonds. The van der Waals surface area contributed by atoms with Crippen LogP contribution in [-0.2, 0) is 13.1 Å². The van der Waals surface area contributed by atoms with Gasteiger partial charge in [0.1, 0.15) is 17.3 Å². The fourth-order valence-electron chi connectivity index (χ4n) is 1.91. The number of aromatic nitrogens is 2. The molecular weight excluding hydrogens is 278 g/mol. The van der Waals surface area contributed by atoms with Gasteiger partial charge in [0.2, 0.25) is 0 Å². The number of rotatable bonds is 5. The Kier molecular flexibility index (Phi) is 4.64. The van der Waals surface area contributed by atoms with E-state index in [1.165, 1.54) is 24.3 Å². The molecule has 0 atom stereocenters. The third kappa shape index (κ3) is 3.63. The van der Waals surface area contributed by atoms with E-state index in [4.69, 9.17) is 5.73 Å². The Morgan fingerprint density at radius 3 is 2.86 bits per heavy atom. The van der Waals surface area contributed by atoms with Crippen LogP contribution in [0, 0.1) is 11.6 Å². The predicted molar refractivity (Wildman–Crippen MR) is 73.4 cm³/mol. The van der Waals surface area contributed by atoms with Crippen molar-refractivity contribution in [3.63, 3.8) is 0 Å². The van der Waals surface area contributed by atoms with Gasteiger partial charge >= 0.3 is 0 Å². The first-order valence-corrected chi connectivity index (χ1v) is 6.42. The van der Waals surface area contributed by atoms with E-state index in [1.54, 1.807) is 10.8 Å². The van der Waals surface area contributed by atoms with Crippen molar-refractivity contribution in [3.05, 3.63) is 53.6 Å². The van der Waals surface area contributed by atoms with Crippen molar-refractivity contribution >= 4 is 5.91 Å². The van der Waals surface area contributed by atoms with Crippen LogP contribution in [0.15, 0.2) is 30.7 Å². The van der Waals surface area contributed by atoms with Gasteiger partial charge in [-0.1, -0.05) is 6.07 Å². The number of nitrogens with two attached hydrogens (primary N) is 1. The van der Waals surface area contributed by atoms with Crippen molar-refractivity contribution in [2.45, 2.75) is 13.1 Å². The lowest BCUT2D eigenvalue weighted by atomic mass is 10.2. The average molecular weight is 294 g/mol. The quantitative estimate of drug-likeness (QED) is 0.906. The lowest BCUT2D eigenvalue weighted by Gasteiger charge is -2.16. The summed E-state index contributed by atoms with van der Waals surface area (Å²) in [4.78, 5) is 17.5. The first-order chi connectivity index (χ1) is 10.0. The van der Waals surface area contributed by atoms with E-state index in [9.17, 15) is 13.6 Å². The van der Waals surface area contributed by atoms with E-state index in [2.05, 4.69) is 4.98 Å². The predicted octanol–water partition coefficient (Wildman–Crippen LogP) is 1.39. The Labute approximate surface area is 121 Å². The van der Waals surface area contributed by atoms with Crippen LogP contribution in [0.25, 0.3) is 0 Å². The molecule has 1 heterocycles. The summed E-state index contributed by atoms with van der Waals surface area (Å²) in [6.45, 7) is 1.05. The third-order valence-corrected chi connectivity index (χ3v) is 3.01. The van der Waals surface area contributed by atoms with Gasteiger partial charge in [-0.2, -0.15) is 0 Å². The lowest BCUT2D eigenvalue weighted by molar-refractivity contribution is 0.0778. The Morgan fingerprint density at radius 1 is 1.43 bits per heavy atom. The summed E-state index contributed by atoms with van der Waals surface area (Å²) in [5, 5.41) is 0. The molecule has 2 N–H and O–H groups in total. The van der Waals surface area contributed by atoms with E-state index in [1.807, 2.05) is 0 Å². The molecule has 1 aromatic carbocycles. The summed E-state index contributed by atoms with van der Waals surface area (Å²) < 4.78 is 28.1. The number of benzene rings is 1. The van der Waals surface area contributed by atoms with E-state index >= 15 is 0 Å². The molecule has 0 aliphatic rings. The lowest BCUT2D eigenvalue weighted by Crippen LogP contribution is -2.27.